The van der Waals surface area contributed by atoms with E-state index in [0.717, 1.165) is 5.56 Å². The highest BCUT2D eigenvalue weighted by atomic mass is 32.2. The van der Waals surface area contributed by atoms with E-state index in [1.54, 1.807) is 12.1 Å². The minimum atomic E-state index is -3.67. The molecule has 0 aliphatic carbocycles. The zero-order chi connectivity index (χ0) is 16.8. The van der Waals surface area contributed by atoms with Gasteiger partial charge in [-0.05, 0) is 12.1 Å². The summed E-state index contributed by atoms with van der Waals surface area (Å²) in [5, 5.41) is 9.10. The van der Waals surface area contributed by atoms with Crippen molar-refractivity contribution in [3.63, 3.8) is 0 Å². The molecule has 1 heterocycles. The van der Waals surface area contributed by atoms with Crippen molar-refractivity contribution < 1.29 is 22.2 Å². The van der Waals surface area contributed by atoms with Crippen LogP contribution in [0.2, 0.25) is 0 Å². The number of guanidine groups is 1. The molecular weight excluding hydrogens is 310 g/mol. The molecule has 9 heteroatoms. The average molecular weight is 325 g/mol. The van der Waals surface area contributed by atoms with Crippen molar-refractivity contribution in [2.75, 3.05) is 6.26 Å². The lowest BCUT2D eigenvalue weighted by Gasteiger charge is -1.99. The molecule has 0 aliphatic heterocycles. The molecule has 5 N–H and O–H groups in total. The fraction of sp³-hybridized carbons (Fsp3) is 0.0769. The summed E-state index contributed by atoms with van der Waals surface area (Å²) >= 11 is 0. The molecular formula is C13H15N3O5S. The Morgan fingerprint density at radius 1 is 1.23 bits per heavy atom. The normalized spacial score (nSPS) is 10.3. The van der Waals surface area contributed by atoms with Gasteiger partial charge in [0.2, 0.25) is 0 Å². The number of amides is 1. The Labute approximate surface area is 127 Å². The lowest BCUT2D eigenvalue weighted by molar-refractivity contribution is 0.0950. The van der Waals surface area contributed by atoms with Crippen molar-refractivity contribution >= 4 is 22.0 Å². The van der Waals surface area contributed by atoms with Crippen LogP contribution in [0.25, 0.3) is 11.3 Å². The smallest absolute Gasteiger partial charge is 0.293 e. The minimum Gasteiger partial charge on any atom is -0.451 e. The Hall–Kier alpha value is -2.65. The summed E-state index contributed by atoms with van der Waals surface area (Å²) in [5.74, 6) is -0.217. The van der Waals surface area contributed by atoms with Gasteiger partial charge in [-0.2, -0.15) is 8.42 Å². The maximum Gasteiger partial charge on any atom is 0.293 e. The summed E-state index contributed by atoms with van der Waals surface area (Å²) in [4.78, 5) is 11.5. The number of carbonyl (C=O) groups is 1. The first-order valence-electron chi connectivity index (χ1n) is 5.90. The fourth-order valence-corrected chi connectivity index (χ4v) is 1.40. The molecule has 0 saturated carbocycles. The lowest BCUT2D eigenvalue weighted by atomic mass is 10.2. The van der Waals surface area contributed by atoms with Gasteiger partial charge in [0, 0.05) is 5.56 Å². The first-order chi connectivity index (χ1) is 10.2. The second-order valence-corrected chi connectivity index (χ2v) is 5.60. The van der Waals surface area contributed by atoms with E-state index in [9.17, 15) is 13.2 Å². The molecule has 0 unspecified atom stereocenters. The molecule has 0 aliphatic rings. The Morgan fingerprint density at radius 2 is 1.77 bits per heavy atom. The average Bonchev–Trinajstić information content (AvgIpc) is 2.86. The summed E-state index contributed by atoms with van der Waals surface area (Å²) in [5.41, 5.74) is 5.94. The number of hydrogen-bond acceptors (Lipinski definition) is 5. The van der Waals surface area contributed by atoms with Crippen molar-refractivity contribution in [3.8, 4) is 11.3 Å². The summed E-state index contributed by atoms with van der Waals surface area (Å²) in [7, 11) is -3.67. The van der Waals surface area contributed by atoms with Gasteiger partial charge < -0.3 is 10.2 Å². The number of benzene rings is 1. The van der Waals surface area contributed by atoms with E-state index in [1.165, 1.54) is 0 Å². The first-order valence-corrected chi connectivity index (χ1v) is 7.74. The number of rotatable bonds is 2. The van der Waals surface area contributed by atoms with Crippen LogP contribution in [0.15, 0.2) is 46.9 Å². The quantitative estimate of drug-likeness (QED) is 0.369. The third kappa shape index (κ3) is 6.68. The molecule has 22 heavy (non-hydrogen) atoms. The highest BCUT2D eigenvalue weighted by molar-refractivity contribution is 7.85. The molecule has 1 aromatic carbocycles. The summed E-state index contributed by atoms with van der Waals surface area (Å²) in [6.07, 6.45) is 0.715. The standard InChI is InChI=1S/C12H11N3O2.CH4O3S/c13-12(14)15-11(16)10-7-6-9(17-10)8-4-2-1-3-5-8;1-5(2,3)4/h1-7H,(H4,13,14,15,16);1H3,(H,2,3,4). The van der Waals surface area contributed by atoms with Crippen LogP contribution in [0.1, 0.15) is 10.6 Å². The second kappa shape index (κ2) is 7.38. The Balaban J connectivity index is 0.000000422. The van der Waals surface area contributed by atoms with E-state index in [4.69, 9.17) is 20.1 Å². The van der Waals surface area contributed by atoms with Gasteiger partial charge in [-0.1, -0.05) is 30.3 Å². The van der Waals surface area contributed by atoms with Crippen molar-refractivity contribution in [2.24, 2.45) is 5.73 Å². The number of nitrogens with two attached hydrogens (primary N) is 1. The first kappa shape index (κ1) is 17.4. The number of hydrogen-bond donors (Lipinski definition) is 4. The molecule has 2 aromatic rings. The van der Waals surface area contributed by atoms with E-state index < -0.39 is 22.0 Å². The SMILES string of the molecule is CS(=O)(=O)O.N=C(N)NC(=O)c1ccc(-c2ccccc2)o1. The van der Waals surface area contributed by atoms with Gasteiger partial charge in [0.15, 0.2) is 11.7 Å². The molecule has 0 radical (unpaired) electrons. The predicted octanol–water partition coefficient (Wildman–Crippen LogP) is 1.07. The van der Waals surface area contributed by atoms with Crippen LogP contribution in [0, 0.1) is 5.41 Å². The van der Waals surface area contributed by atoms with E-state index in [0.29, 0.717) is 12.0 Å². The molecule has 1 amide bonds. The van der Waals surface area contributed by atoms with E-state index in [2.05, 4.69) is 5.32 Å². The molecule has 0 spiro atoms. The van der Waals surface area contributed by atoms with Crippen LogP contribution in [-0.2, 0) is 10.1 Å². The van der Waals surface area contributed by atoms with Gasteiger partial charge >= 0.3 is 0 Å². The highest BCUT2D eigenvalue weighted by Crippen LogP contribution is 2.21. The van der Waals surface area contributed by atoms with E-state index in [1.807, 2.05) is 30.3 Å². The van der Waals surface area contributed by atoms with Gasteiger partial charge in [0.05, 0.1) is 6.26 Å². The molecule has 2 rings (SSSR count). The fourth-order valence-electron chi connectivity index (χ4n) is 1.40. The Morgan fingerprint density at radius 3 is 2.27 bits per heavy atom. The van der Waals surface area contributed by atoms with Crippen molar-refractivity contribution in [1.29, 1.82) is 5.41 Å². The van der Waals surface area contributed by atoms with Crippen LogP contribution in [0.4, 0.5) is 0 Å². The predicted molar refractivity (Wildman–Crippen MR) is 81.0 cm³/mol. The molecule has 8 nitrogen and oxygen atoms in total. The number of furan rings is 1. The maximum atomic E-state index is 11.5. The van der Waals surface area contributed by atoms with Gasteiger partial charge in [-0.25, -0.2) is 0 Å². The zero-order valence-electron chi connectivity index (χ0n) is 11.6. The number of carbonyl (C=O) groups excluding carboxylic acids is 1. The van der Waals surface area contributed by atoms with Crippen LogP contribution in [0.5, 0.6) is 0 Å². The Bertz CT molecular complexity index is 745. The second-order valence-electron chi connectivity index (χ2n) is 4.13. The molecule has 0 saturated heterocycles. The van der Waals surface area contributed by atoms with Crippen LogP contribution in [-0.4, -0.2) is 31.1 Å². The van der Waals surface area contributed by atoms with Gasteiger partial charge in [-0.15, -0.1) is 0 Å². The molecule has 0 bridgehead atoms. The van der Waals surface area contributed by atoms with E-state index in [-0.39, 0.29) is 5.76 Å². The monoisotopic (exact) mass is 325 g/mol. The zero-order valence-corrected chi connectivity index (χ0v) is 12.4. The topological polar surface area (TPSA) is 146 Å². The molecule has 0 fully saturated rings. The van der Waals surface area contributed by atoms with Gasteiger partial charge in [0.25, 0.3) is 16.0 Å². The summed E-state index contributed by atoms with van der Waals surface area (Å²) in [6.45, 7) is 0. The van der Waals surface area contributed by atoms with Crippen LogP contribution < -0.4 is 11.1 Å². The van der Waals surface area contributed by atoms with E-state index >= 15 is 0 Å². The molecule has 118 valence electrons. The summed E-state index contributed by atoms with van der Waals surface area (Å²) < 4.78 is 31.2. The van der Waals surface area contributed by atoms with Crippen LogP contribution >= 0.6 is 0 Å². The summed E-state index contributed by atoms with van der Waals surface area (Å²) in [6, 6.07) is 12.7. The van der Waals surface area contributed by atoms with Crippen molar-refractivity contribution in [3.05, 3.63) is 48.2 Å². The highest BCUT2D eigenvalue weighted by Gasteiger charge is 2.12. The number of nitrogens with one attached hydrogen (secondary N) is 2. The molecule has 0 atom stereocenters. The third-order valence-corrected chi connectivity index (χ3v) is 2.14. The molecule has 1 aromatic heterocycles. The Kier molecular flexibility index (Phi) is 5.84. The van der Waals surface area contributed by atoms with Gasteiger partial charge in [-0.3, -0.25) is 20.1 Å². The van der Waals surface area contributed by atoms with Gasteiger partial charge in [0.1, 0.15) is 5.76 Å². The lowest BCUT2D eigenvalue weighted by Crippen LogP contribution is -2.35. The maximum absolute atomic E-state index is 11.5. The minimum absolute atomic E-state index is 0.124. The van der Waals surface area contributed by atoms with Crippen LogP contribution in [0.3, 0.4) is 0 Å². The van der Waals surface area contributed by atoms with Crippen molar-refractivity contribution in [2.45, 2.75) is 0 Å². The van der Waals surface area contributed by atoms with Crippen molar-refractivity contribution in [1.82, 2.24) is 5.32 Å². The largest absolute Gasteiger partial charge is 0.451 e. The third-order valence-electron chi connectivity index (χ3n) is 2.14.